The molecule has 2 heteroatoms. The molecule has 1 N–H and O–H groups in total. The fourth-order valence-corrected chi connectivity index (χ4v) is 3.65. The summed E-state index contributed by atoms with van der Waals surface area (Å²) in [5.74, 6) is -0.712. The normalized spacial score (nSPS) is 12.0. The summed E-state index contributed by atoms with van der Waals surface area (Å²) >= 11 is 0. The highest BCUT2D eigenvalue weighted by atomic mass is 16.4. The molecule has 0 heterocycles. The maximum atomic E-state index is 10.5. The van der Waals surface area contributed by atoms with Crippen LogP contribution in [0.3, 0.4) is 0 Å². The second-order valence-electron chi connectivity index (χ2n) is 6.55. The molecule has 0 fully saturated rings. The highest BCUT2D eigenvalue weighted by Crippen LogP contribution is 2.36. The SMILES string of the molecule is O=C(O)CCCC/C=C/c1ccc2ccc3cccc4ccc1c2c34. The molecule has 0 bridgehead atoms. The minimum atomic E-state index is -0.712. The van der Waals surface area contributed by atoms with Gasteiger partial charge in [0, 0.05) is 6.42 Å². The number of carboxylic acids is 1. The van der Waals surface area contributed by atoms with Crippen LogP contribution in [0.25, 0.3) is 38.4 Å². The zero-order valence-electron chi connectivity index (χ0n) is 14.0. The molecule has 0 radical (unpaired) electrons. The van der Waals surface area contributed by atoms with Gasteiger partial charge in [0.2, 0.25) is 0 Å². The van der Waals surface area contributed by atoms with Crippen molar-refractivity contribution in [3.8, 4) is 0 Å². The average Bonchev–Trinajstić information content (AvgIpc) is 2.63. The molecule has 0 aliphatic heterocycles. The van der Waals surface area contributed by atoms with E-state index in [0.29, 0.717) is 0 Å². The average molecular weight is 328 g/mol. The molecule has 0 amide bonds. The second kappa shape index (κ2) is 6.56. The van der Waals surface area contributed by atoms with E-state index < -0.39 is 5.97 Å². The van der Waals surface area contributed by atoms with Crippen LogP contribution in [-0.2, 0) is 4.79 Å². The number of hydrogen-bond donors (Lipinski definition) is 1. The summed E-state index contributed by atoms with van der Waals surface area (Å²) in [6.45, 7) is 0. The van der Waals surface area contributed by atoms with Crippen LogP contribution in [0.5, 0.6) is 0 Å². The molecule has 25 heavy (non-hydrogen) atoms. The first-order valence-corrected chi connectivity index (χ1v) is 8.79. The summed E-state index contributed by atoms with van der Waals surface area (Å²) in [6.07, 6.45) is 7.15. The van der Waals surface area contributed by atoms with Crippen molar-refractivity contribution in [3.05, 3.63) is 66.2 Å². The second-order valence-corrected chi connectivity index (χ2v) is 6.55. The van der Waals surface area contributed by atoms with Gasteiger partial charge in [-0.05, 0) is 57.1 Å². The van der Waals surface area contributed by atoms with E-state index in [-0.39, 0.29) is 6.42 Å². The summed E-state index contributed by atoms with van der Waals surface area (Å²) in [5, 5.41) is 16.5. The topological polar surface area (TPSA) is 37.3 Å². The van der Waals surface area contributed by atoms with Crippen LogP contribution in [0.15, 0.2) is 60.7 Å². The summed E-state index contributed by atoms with van der Waals surface area (Å²) in [5.41, 5.74) is 1.23. The summed E-state index contributed by atoms with van der Waals surface area (Å²) in [6, 6.07) is 19.6. The van der Waals surface area contributed by atoms with Crippen molar-refractivity contribution in [2.75, 3.05) is 0 Å². The molecular weight excluding hydrogens is 308 g/mol. The van der Waals surface area contributed by atoms with Gasteiger partial charge in [-0.2, -0.15) is 0 Å². The van der Waals surface area contributed by atoms with Gasteiger partial charge >= 0.3 is 5.97 Å². The van der Waals surface area contributed by atoms with E-state index >= 15 is 0 Å². The zero-order chi connectivity index (χ0) is 17.2. The summed E-state index contributed by atoms with van der Waals surface area (Å²) in [4.78, 5) is 10.5. The Balaban J connectivity index is 1.69. The van der Waals surface area contributed by atoms with Crippen LogP contribution >= 0.6 is 0 Å². The van der Waals surface area contributed by atoms with Crippen molar-refractivity contribution in [1.29, 1.82) is 0 Å². The molecule has 0 spiro atoms. The lowest BCUT2D eigenvalue weighted by molar-refractivity contribution is -0.137. The fourth-order valence-electron chi connectivity index (χ4n) is 3.65. The maximum absolute atomic E-state index is 10.5. The quantitative estimate of drug-likeness (QED) is 0.336. The fraction of sp³-hybridized carbons (Fsp3) is 0.174. The van der Waals surface area contributed by atoms with Gasteiger partial charge in [0.25, 0.3) is 0 Å². The Morgan fingerprint density at radius 3 is 2.28 bits per heavy atom. The van der Waals surface area contributed by atoms with Gasteiger partial charge in [0.05, 0.1) is 0 Å². The molecular formula is C23H20O2. The number of allylic oxidation sites excluding steroid dienone is 1. The molecule has 0 atom stereocenters. The van der Waals surface area contributed by atoms with E-state index in [1.54, 1.807) is 0 Å². The first-order valence-electron chi connectivity index (χ1n) is 8.79. The first kappa shape index (κ1) is 15.6. The first-order chi connectivity index (χ1) is 12.2. The number of rotatable bonds is 6. The number of hydrogen-bond acceptors (Lipinski definition) is 1. The predicted octanol–water partition coefficient (Wildman–Crippen LogP) is 6.24. The van der Waals surface area contributed by atoms with Crippen molar-refractivity contribution in [2.45, 2.75) is 25.7 Å². The molecule has 2 nitrogen and oxygen atoms in total. The van der Waals surface area contributed by atoms with Gasteiger partial charge in [0.1, 0.15) is 0 Å². The van der Waals surface area contributed by atoms with Crippen molar-refractivity contribution in [1.82, 2.24) is 0 Å². The van der Waals surface area contributed by atoms with Gasteiger partial charge in [-0.15, -0.1) is 0 Å². The number of aliphatic carboxylic acids is 1. The number of carbonyl (C=O) groups is 1. The Labute approximate surface area is 146 Å². The summed E-state index contributed by atoms with van der Waals surface area (Å²) in [7, 11) is 0. The minimum absolute atomic E-state index is 0.257. The van der Waals surface area contributed by atoms with E-state index in [2.05, 4.69) is 66.7 Å². The van der Waals surface area contributed by atoms with Crippen molar-refractivity contribution in [2.24, 2.45) is 0 Å². The molecule has 0 aliphatic carbocycles. The lowest BCUT2D eigenvalue weighted by atomic mass is 9.92. The molecule has 4 rings (SSSR count). The van der Waals surface area contributed by atoms with Crippen LogP contribution in [0, 0.1) is 0 Å². The molecule has 0 unspecified atom stereocenters. The van der Waals surface area contributed by atoms with Gasteiger partial charge in [-0.3, -0.25) is 4.79 Å². The number of carboxylic acid groups (broad SMARTS) is 1. The zero-order valence-corrected chi connectivity index (χ0v) is 14.0. The van der Waals surface area contributed by atoms with E-state index in [0.717, 1.165) is 19.3 Å². The van der Waals surface area contributed by atoms with Crippen molar-refractivity contribution in [3.63, 3.8) is 0 Å². The third kappa shape index (κ3) is 2.96. The molecule has 124 valence electrons. The number of benzene rings is 4. The maximum Gasteiger partial charge on any atom is 0.303 e. The molecule has 0 saturated carbocycles. The Hall–Kier alpha value is -2.87. The van der Waals surface area contributed by atoms with E-state index in [4.69, 9.17) is 5.11 Å². The van der Waals surface area contributed by atoms with Crippen LogP contribution in [0.4, 0.5) is 0 Å². The Morgan fingerprint density at radius 1 is 0.840 bits per heavy atom. The molecule has 0 aromatic heterocycles. The third-order valence-corrected chi connectivity index (χ3v) is 4.87. The van der Waals surface area contributed by atoms with E-state index in [1.165, 1.54) is 37.9 Å². The van der Waals surface area contributed by atoms with Gasteiger partial charge in [-0.25, -0.2) is 0 Å². The van der Waals surface area contributed by atoms with Crippen molar-refractivity contribution < 1.29 is 9.90 Å². The Bertz CT molecular complexity index is 1060. The van der Waals surface area contributed by atoms with Gasteiger partial charge in [-0.1, -0.05) is 66.7 Å². The van der Waals surface area contributed by atoms with Crippen LogP contribution in [0.2, 0.25) is 0 Å². The monoisotopic (exact) mass is 328 g/mol. The van der Waals surface area contributed by atoms with Crippen molar-refractivity contribution >= 4 is 44.4 Å². The number of unbranched alkanes of at least 4 members (excludes halogenated alkanes) is 2. The van der Waals surface area contributed by atoms with Crippen LogP contribution in [0.1, 0.15) is 31.2 Å². The highest BCUT2D eigenvalue weighted by Gasteiger charge is 2.09. The Kier molecular flexibility index (Phi) is 4.10. The molecule has 0 aliphatic rings. The van der Waals surface area contributed by atoms with Crippen LogP contribution in [-0.4, -0.2) is 11.1 Å². The predicted molar refractivity (Wildman–Crippen MR) is 105 cm³/mol. The standard InChI is InChI=1S/C23H20O2/c24-21(25)9-4-2-1-3-6-16-10-11-19-13-12-17-7-5-8-18-14-15-20(16)23(19)22(17)18/h3,5-8,10-15H,1-2,4,9H2,(H,24,25)/b6-3+. The highest BCUT2D eigenvalue weighted by molar-refractivity contribution is 6.24. The smallest absolute Gasteiger partial charge is 0.303 e. The largest absolute Gasteiger partial charge is 0.481 e. The Morgan fingerprint density at radius 2 is 1.52 bits per heavy atom. The van der Waals surface area contributed by atoms with E-state index in [9.17, 15) is 4.79 Å². The minimum Gasteiger partial charge on any atom is -0.481 e. The third-order valence-electron chi connectivity index (χ3n) is 4.87. The molecule has 0 saturated heterocycles. The van der Waals surface area contributed by atoms with Gasteiger partial charge in [0.15, 0.2) is 0 Å². The molecule has 4 aromatic rings. The lowest BCUT2D eigenvalue weighted by Crippen LogP contribution is -1.92. The van der Waals surface area contributed by atoms with Gasteiger partial charge < -0.3 is 5.11 Å². The summed E-state index contributed by atoms with van der Waals surface area (Å²) < 4.78 is 0. The van der Waals surface area contributed by atoms with E-state index in [1.807, 2.05) is 0 Å². The lowest BCUT2D eigenvalue weighted by Gasteiger charge is -2.12. The molecule has 4 aromatic carbocycles. The van der Waals surface area contributed by atoms with Crippen LogP contribution < -0.4 is 0 Å².